The predicted molar refractivity (Wildman–Crippen MR) is 113 cm³/mol. The van der Waals surface area contributed by atoms with Crippen molar-refractivity contribution >= 4 is 11.9 Å². The van der Waals surface area contributed by atoms with Gasteiger partial charge in [0.2, 0.25) is 5.91 Å². The molecule has 0 aliphatic heterocycles. The van der Waals surface area contributed by atoms with Gasteiger partial charge in [0, 0.05) is 12.8 Å². The molecule has 0 aliphatic carbocycles. The highest BCUT2D eigenvalue weighted by Crippen LogP contribution is 2.14. The highest BCUT2D eigenvalue weighted by atomic mass is 16.4. The summed E-state index contributed by atoms with van der Waals surface area (Å²) in [6.07, 6.45) is 17.6. The number of aliphatic hydroxyl groups excluding tert-OH is 1. The molecule has 0 aliphatic rings. The zero-order chi connectivity index (χ0) is 20.8. The first kappa shape index (κ1) is 28.1. The standard InChI is InChI=1S/C18H36O3.C4H9NO/c1-2-3-4-11-14-17(19)15-12-9-7-5-6-8-10-13-16-18(20)21;1-2-3-4(5)6/h17,19H,2-16H2,1H3,(H,20,21);2-3H2,1H3,(H2,5,6). The van der Waals surface area contributed by atoms with Crippen LogP contribution in [0.3, 0.4) is 0 Å². The molecule has 1 amide bonds. The van der Waals surface area contributed by atoms with E-state index in [-0.39, 0.29) is 12.0 Å². The maximum absolute atomic E-state index is 10.3. The van der Waals surface area contributed by atoms with Crippen LogP contribution in [0.2, 0.25) is 0 Å². The lowest BCUT2D eigenvalue weighted by Gasteiger charge is -2.10. The average Bonchev–Trinajstić information content (AvgIpc) is 2.60. The van der Waals surface area contributed by atoms with E-state index < -0.39 is 5.97 Å². The lowest BCUT2D eigenvalue weighted by atomic mass is 10.0. The molecule has 0 aromatic heterocycles. The van der Waals surface area contributed by atoms with E-state index in [0.29, 0.717) is 12.8 Å². The number of unbranched alkanes of at least 4 members (excludes halogenated alkanes) is 10. The molecule has 0 saturated heterocycles. The number of rotatable bonds is 18. The van der Waals surface area contributed by atoms with Gasteiger partial charge in [0.05, 0.1) is 6.10 Å². The Hall–Kier alpha value is -1.10. The molecule has 162 valence electrons. The molecule has 0 saturated carbocycles. The van der Waals surface area contributed by atoms with Crippen molar-refractivity contribution in [2.75, 3.05) is 0 Å². The molecular formula is C22H45NO4. The molecule has 1 atom stereocenters. The van der Waals surface area contributed by atoms with E-state index in [4.69, 9.17) is 10.8 Å². The number of carbonyl (C=O) groups is 2. The summed E-state index contributed by atoms with van der Waals surface area (Å²) in [5, 5.41) is 18.4. The summed E-state index contributed by atoms with van der Waals surface area (Å²) in [5.41, 5.74) is 4.76. The average molecular weight is 388 g/mol. The third kappa shape index (κ3) is 29.9. The topological polar surface area (TPSA) is 101 Å². The normalized spacial score (nSPS) is 11.5. The largest absolute Gasteiger partial charge is 0.481 e. The van der Waals surface area contributed by atoms with Crippen molar-refractivity contribution < 1.29 is 19.8 Å². The van der Waals surface area contributed by atoms with Crippen molar-refractivity contribution in [1.82, 2.24) is 0 Å². The van der Waals surface area contributed by atoms with Crippen LogP contribution in [0.5, 0.6) is 0 Å². The van der Waals surface area contributed by atoms with Gasteiger partial charge in [-0.3, -0.25) is 9.59 Å². The first-order valence-electron chi connectivity index (χ1n) is 11.1. The SMILES string of the molecule is CCCC(N)=O.CCCCCCC(O)CCCCCCCCCCC(=O)O. The third-order valence-electron chi connectivity index (χ3n) is 4.57. The van der Waals surface area contributed by atoms with Crippen LogP contribution < -0.4 is 5.73 Å². The highest BCUT2D eigenvalue weighted by molar-refractivity contribution is 5.73. The Morgan fingerprint density at radius 2 is 1.15 bits per heavy atom. The van der Waals surface area contributed by atoms with Crippen LogP contribution >= 0.6 is 0 Å². The number of nitrogens with two attached hydrogens (primary N) is 1. The van der Waals surface area contributed by atoms with E-state index in [0.717, 1.165) is 44.9 Å². The number of carboxylic acids is 1. The third-order valence-corrected chi connectivity index (χ3v) is 4.57. The van der Waals surface area contributed by atoms with E-state index in [2.05, 4.69) is 6.92 Å². The summed E-state index contributed by atoms with van der Waals surface area (Å²) in [4.78, 5) is 20.2. The van der Waals surface area contributed by atoms with Gasteiger partial charge in [-0.05, 0) is 25.7 Å². The van der Waals surface area contributed by atoms with Crippen LogP contribution in [-0.2, 0) is 9.59 Å². The van der Waals surface area contributed by atoms with E-state index in [1.807, 2.05) is 6.92 Å². The molecular weight excluding hydrogens is 342 g/mol. The minimum atomic E-state index is -0.678. The van der Waals surface area contributed by atoms with Gasteiger partial charge in [-0.25, -0.2) is 0 Å². The number of carbonyl (C=O) groups excluding carboxylic acids is 1. The van der Waals surface area contributed by atoms with E-state index in [1.165, 1.54) is 51.4 Å². The number of hydrogen-bond acceptors (Lipinski definition) is 3. The molecule has 0 fully saturated rings. The number of aliphatic hydroxyl groups is 1. The first-order chi connectivity index (χ1) is 12.9. The number of hydrogen-bond donors (Lipinski definition) is 3. The fourth-order valence-electron chi connectivity index (χ4n) is 2.91. The predicted octanol–water partition coefficient (Wildman–Crippen LogP) is 5.58. The Morgan fingerprint density at radius 3 is 1.52 bits per heavy atom. The molecule has 0 radical (unpaired) electrons. The Morgan fingerprint density at radius 1 is 0.704 bits per heavy atom. The van der Waals surface area contributed by atoms with Crippen molar-refractivity contribution in [2.45, 2.75) is 129 Å². The summed E-state index contributed by atoms with van der Waals surface area (Å²) >= 11 is 0. The minimum Gasteiger partial charge on any atom is -0.481 e. The number of primary amides is 1. The second-order valence-electron chi connectivity index (χ2n) is 7.48. The number of aliphatic carboxylic acids is 1. The van der Waals surface area contributed by atoms with Crippen LogP contribution in [-0.4, -0.2) is 28.2 Å². The molecule has 0 spiro atoms. The zero-order valence-electron chi connectivity index (χ0n) is 17.9. The first-order valence-corrected chi connectivity index (χ1v) is 11.1. The van der Waals surface area contributed by atoms with Crippen LogP contribution in [0.25, 0.3) is 0 Å². The maximum Gasteiger partial charge on any atom is 0.303 e. The molecule has 0 aromatic rings. The Balaban J connectivity index is 0. The Labute approximate surface area is 167 Å². The van der Waals surface area contributed by atoms with E-state index >= 15 is 0 Å². The van der Waals surface area contributed by atoms with Crippen LogP contribution in [0.15, 0.2) is 0 Å². The number of amides is 1. The lowest BCUT2D eigenvalue weighted by molar-refractivity contribution is -0.137. The second-order valence-corrected chi connectivity index (χ2v) is 7.48. The summed E-state index contributed by atoms with van der Waals surface area (Å²) in [6, 6.07) is 0. The Kier molecular flexibility index (Phi) is 23.9. The molecule has 1 unspecified atom stereocenters. The molecule has 5 heteroatoms. The molecule has 0 heterocycles. The van der Waals surface area contributed by atoms with Crippen molar-refractivity contribution in [2.24, 2.45) is 5.73 Å². The van der Waals surface area contributed by atoms with Gasteiger partial charge in [0.1, 0.15) is 0 Å². The van der Waals surface area contributed by atoms with E-state index in [9.17, 15) is 14.7 Å². The summed E-state index contributed by atoms with van der Waals surface area (Å²) in [7, 11) is 0. The van der Waals surface area contributed by atoms with Crippen LogP contribution in [0.1, 0.15) is 123 Å². The molecule has 0 rings (SSSR count). The van der Waals surface area contributed by atoms with Gasteiger partial charge in [0.15, 0.2) is 0 Å². The van der Waals surface area contributed by atoms with Crippen LogP contribution in [0.4, 0.5) is 0 Å². The van der Waals surface area contributed by atoms with Gasteiger partial charge >= 0.3 is 5.97 Å². The molecule has 5 nitrogen and oxygen atoms in total. The van der Waals surface area contributed by atoms with E-state index in [1.54, 1.807) is 0 Å². The summed E-state index contributed by atoms with van der Waals surface area (Å²) < 4.78 is 0. The molecule has 0 aromatic carbocycles. The zero-order valence-corrected chi connectivity index (χ0v) is 17.9. The van der Waals surface area contributed by atoms with Crippen molar-refractivity contribution in [1.29, 1.82) is 0 Å². The van der Waals surface area contributed by atoms with Gasteiger partial charge in [-0.2, -0.15) is 0 Å². The fourth-order valence-corrected chi connectivity index (χ4v) is 2.91. The van der Waals surface area contributed by atoms with Gasteiger partial charge < -0.3 is 15.9 Å². The van der Waals surface area contributed by atoms with Crippen molar-refractivity contribution in [3.8, 4) is 0 Å². The number of carboxylic acid groups (broad SMARTS) is 1. The van der Waals surface area contributed by atoms with Gasteiger partial charge in [-0.1, -0.05) is 84.5 Å². The van der Waals surface area contributed by atoms with Crippen molar-refractivity contribution in [3.63, 3.8) is 0 Å². The maximum atomic E-state index is 10.3. The smallest absolute Gasteiger partial charge is 0.303 e. The minimum absolute atomic E-state index is 0.0853. The lowest BCUT2D eigenvalue weighted by Crippen LogP contribution is -2.08. The summed E-state index contributed by atoms with van der Waals surface area (Å²) in [5.74, 6) is -0.888. The fraction of sp³-hybridized carbons (Fsp3) is 0.909. The summed E-state index contributed by atoms with van der Waals surface area (Å²) in [6.45, 7) is 4.13. The molecule has 0 bridgehead atoms. The highest BCUT2D eigenvalue weighted by Gasteiger charge is 2.03. The van der Waals surface area contributed by atoms with Gasteiger partial charge in [0.25, 0.3) is 0 Å². The van der Waals surface area contributed by atoms with Crippen molar-refractivity contribution in [3.05, 3.63) is 0 Å². The van der Waals surface area contributed by atoms with Gasteiger partial charge in [-0.15, -0.1) is 0 Å². The van der Waals surface area contributed by atoms with Crippen LogP contribution in [0, 0.1) is 0 Å². The second kappa shape index (κ2) is 22.9. The Bertz CT molecular complexity index is 334. The molecule has 4 N–H and O–H groups in total. The molecule has 27 heavy (non-hydrogen) atoms. The monoisotopic (exact) mass is 387 g/mol. The quantitative estimate of drug-likeness (QED) is 0.267.